The SMILES string of the molecule is C[C@H](c1nc(C(=O)Nc2cnoc2)c(O)c(=O)n1C)[C@@H](c1ccccc1Cl)n1nccc1C#N. The lowest BCUT2D eigenvalue weighted by Gasteiger charge is -2.27. The average molecular weight is 480 g/mol. The zero-order chi connectivity index (χ0) is 24.4. The summed E-state index contributed by atoms with van der Waals surface area (Å²) >= 11 is 6.49. The minimum Gasteiger partial charge on any atom is -0.501 e. The van der Waals surface area contributed by atoms with Gasteiger partial charge in [-0.2, -0.15) is 10.4 Å². The van der Waals surface area contributed by atoms with Gasteiger partial charge in [0, 0.05) is 18.0 Å². The number of aromatic nitrogens is 5. The molecule has 0 unspecified atom stereocenters. The Morgan fingerprint density at radius 1 is 1.32 bits per heavy atom. The van der Waals surface area contributed by atoms with Gasteiger partial charge in [-0.25, -0.2) is 9.67 Å². The molecule has 1 aromatic carbocycles. The van der Waals surface area contributed by atoms with E-state index in [2.05, 4.69) is 31.1 Å². The number of rotatable bonds is 6. The highest BCUT2D eigenvalue weighted by Gasteiger charge is 2.32. The molecule has 11 nitrogen and oxygen atoms in total. The van der Waals surface area contributed by atoms with E-state index in [1.54, 1.807) is 37.3 Å². The summed E-state index contributed by atoms with van der Waals surface area (Å²) < 4.78 is 7.32. The first-order valence-electron chi connectivity index (χ1n) is 10.0. The molecule has 0 saturated heterocycles. The normalized spacial score (nSPS) is 12.6. The molecule has 0 fully saturated rings. The van der Waals surface area contributed by atoms with Gasteiger partial charge in [-0.15, -0.1) is 0 Å². The molecule has 2 N–H and O–H groups in total. The zero-order valence-electron chi connectivity index (χ0n) is 18.0. The van der Waals surface area contributed by atoms with Crippen LogP contribution < -0.4 is 10.9 Å². The van der Waals surface area contributed by atoms with Gasteiger partial charge in [-0.05, 0) is 17.7 Å². The number of hydrogen-bond acceptors (Lipinski definition) is 8. The summed E-state index contributed by atoms with van der Waals surface area (Å²) in [7, 11) is 1.43. The number of carbonyl (C=O) groups is 1. The van der Waals surface area contributed by atoms with E-state index in [4.69, 9.17) is 11.6 Å². The molecule has 172 valence electrons. The van der Waals surface area contributed by atoms with E-state index in [1.807, 2.05) is 0 Å². The molecule has 0 radical (unpaired) electrons. The highest BCUT2D eigenvalue weighted by Crippen LogP contribution is 2.37. The van der Waals surface area contributed by atoms with Crippen LogP contribution in [0.4, 0.5) is 5.69 Å². The van der Waals surface area contributed by atoms with Crippen molar-refractivity contribution in [3.8, 4) is 11.8 Å². The monoisotopic (exact) mass is 479 g/mol. The number of nitriles is 1. The second-order valence-corrected chi connectivity index (χ2v) is 7.83. The number of carbonyl (C=O) groups excluding carboxylic acids is 1. The Bertz CT molecular complexity index is 1450. The van der Waals surface area contributed by atoms with Crippen molar-refractivity contribution in [1.82, 2.24) is 24.5 Å². The van der Waals surface area contributed by atoms with Crippen LogP contribution in [-0.4, -0.2) is 35.5 Å². The third-order valence-electron chi connectivity index (χ3n) is 5.36. The molecule has 34 heavy (non-hydrogen) atoms. The van der Waals surface area contributed by atoms with Gasteiger partial charge in [-0.3, -0.25) is 14.2 Å². The Kier molecular flexibility index (Phi) is 6.16. The molecule has 0 bridgehead atoms. The fraction of sp³-hybridized carbons (Fsp3) is 0.182. The lowest BCUT2D eigenvalue weighted by Crippen LogP contribution is -2.31. The molecule has 3 heterocycles. The molecule has 0 saturated carbocycles. The molecule has 0 aliphatic carbocycles. The molecule has 12 heteroatoms. The van der Waals surface area contributed by atoms with Crippen molar-refractivity contribution >= 4 is 23.2 Å². The van der Waals surface area contributed by atoms with Gasteiger partial charge in [0.05, 0.1) is 18.4 Å². The molecule has 0 aliphatic heterocycles. The molecule has 1 amide bonds. The minimum atomic E-state index is -0.821. The van der Waals surface area contributed by atoms with Crippen LogP contribution in [0, 0.1) is 11.3 Å². The first kappa shape index (κ1) is 22.8. The molecular weight excluding hydrogens is 462 g/mol. The third-order valence-corrected chi connectivity index (χ3v) is 5.70. The highest BCUT2D eigenvalue weighted by atomic mass is 35.5. The Hall–Kier alpha value is -4.43. The number of aromatic hydroxyl groups is 1. The van der Waals surface area contributed by atoms with Crippen molar-refractivity contribution in [2.45, 2.75) is 18.9 Å². The van der Waals surface area contributed by atoms with Crippen LogP contribution >= 0.6 is 11.6 Å². The number of amides is 1. The van der Waals surface area contributed by atoms with Crippen LogP contribution in [0.15, 0.2) is 58.3 Å². The van der Waals surface area contributed by atoms with Gasteiger partial charge >= 0.3 is 0 Å². The van der Waals surface area contributed by atoms with Gasteiger partial charge in [0.2, 0.25) is 5.75 Å². The van der Waals surface area contributed by atoms with E-state index in [9.17, 15) is 20.0 Å². The average Bonchev–Trinajstić information content (AvgIpc) is 3.51. The molecule has 4 aromatic rings. The molecule has 2 atom stereocenters. The van der Waals surface area contributed by atoms with Crippen LogP contribution in [0.2, 0.25) is 5.02 Å². The van der Waals surface area contributed by atoms with Crippen LogP contribution in [0.5, 0.6) is 5.75 Å². The minimum absolute atomic E-state index is 0.169. The first-order chi connectivity index (χ1) is 16.3. The van der Waals surface area contributed by atoms with E-state index in [0.717, 1.165) is 4.57 Å². The van der Waals surface area contributed by atoms with Gasteiger partial charge in [0.25, 0.3) is 11.5 Å². The predicted octanol–water partition coefficient (Wildman–Crippen LogP) is 2.84. The van der Waals surface area contributed by atoms with Crippen molar-refractivity contribution in [2.24, 2.45) is 7.05 Å². The highest BCUT2D eigenvalue weighted by molar-refractivity contribution is 6.31. The molecule has 4 rings (SSSR count). The molecule has 3 aromatic heterocycles. The maximum absolute atomic E-state index is 12.8. The van der Waals surface area contributed by atoms with E-state index < -0.39 is 34.9 Å². The topological polar surface area (TPSA) is 152 Å². The second-order valence-electron chi connectivity index (χ2n) is 7.43. The van der Waals surface area contributed by atoms with E-state index in [0.29, 0.717) is 10.6 Å². The Morgan fingerprint density at radius 2 is 2.09 bits per heavy atom. The maximum Gasteiger partial charge on any atom is 0.296 e. The number of hydrogen-bond donors (Lipinski definition) is 2. The van der Waals surface area contributed by atoms with Crippen molar-refractivity contribution in [3.05, 3.63) is 87.1 Å². The Labute approximate surface area is 197 Å². The van der Waals surface area contributed by atoms with E-state index in [-0.39, 0.29) is 17.2 Å². The van der Waals surface area contributed by atoms with Crippen LogP contribution in [0.3, 0.4) is 0 Å². The van der Waals surface area contributed by atoms with Gasteiger partial charge < -0.3 is 14.9 Å². The lowest BCUT2D eigenvalue weighted by molar-refractivity contribution is 0.101. The molecule has 0 aliphatic rings. The predicted molar refractivity (Wildman–Crippen MR) is 121 cm³/mol. The smallest absolute Gasteiger partial charge is 0.296 e. The van der Waals surface area contributed by atoms with Gasteiger partial charge in [-0.1, -0.05) is 41.9 Å². The summed E-state index contributed by atoms with van der Waals surface area (Å²) in [5, 5.41) is 30.6. The standard InChI is InChI=1S/C22H18ClN7O4/c1-12(18(15-5-3-4-6-16(15)23)30-14(9-24)7-8-25-30)20-28-17(19(31)22(33)29(20)2)21(32)27-13-10-26-34-11-13/h3-8,10-12,18,31H,1-2H3,(H,27,32)/t12-,18-/m0/s1. The van der Waals surface area contributed by atoms with Crippen LogP contribution in [-0.2, 0) is 7.05 Å². The molecule has 0 spiro atoms. The largest absolute Gasteiger partial charge is 0.501 e. The third kappa shape index (κ3) is 4.02. The Morgan fingerprint density at radius 3 is 2.76 bits per heavy atom. The van der Waals surface area contributed by atoms with Gasteiger partial charge in [0.15, 0.2) is 5.69 Å². The fourth-order valence-electron chi connectivity index (χ4n) is 3.72. The summed E-state index contributed by atoms with van der Waals surface area (Å²) in [6, 6.07) is 10.0. The number of anilines is 1. The van der Waals surface area contributed by atoms with Crippen LogP contribution in [0.1, 0.15) is 46.5 Å². The fourth-order valence-corrected chi connectivity index (χ4v) is 3.97. The van der Waals surface area contributed by atoms with E-state index in [1.165, 1.54) is 30.4 Å². The summed E-state index contributed by atoms with van der Waals surface area (Å²) in [6.07, 6.45) is 3.93. The number of benzene rings is 1. The lowest BCUT2D eigenvalue weighted by atomic mass is 9.93. The van der Waals surface area contributed by atoms with Crippen molar-refractivity contribution < 1.29 is 14.4 Å². The number of nitrogens with zero attached hydrogens (tertiary/aromatic N) is 6. The van der Waals surface area contributed by atoms with Crippen molar-refractivity contribution in [2.75, 3.05) is 5.32 Å². The first-order valence-corrected chi connectivity index (χ1v) is 10.4. The van der Waals surface area contributed by atoms with Crippen molar-refractivity contribution in [3.63, 3.8) is 0 Å². The van der Waals surface area contributed by atoms with E-state index >= 15 is 0 Å². The number of nitrogens with one attached hydrogen (secondary N) is 1. The number of halogens is 1. The summed E-state index contributed by atoms with van der Waals surface area (Å²) in [5.41, 5.74) is -0.150. The summed E-state index contributed by atoms with van der Waals surface area (Å²) in [5.74, 6) is -2.08. The maximum atomic E-state index is 12.8. The quantitative estimate of drug-likeness (QED) is 0.428. The van der Waals surface area contributed by atoms with Crippen LogP contribution in [0.25, 0.3) is 0 Å². The van der Waals surface area contributed by atoms with Crippen molar-refractivity contribution in [1.29, 1.82) is 5.26 Å². The Balaban J connectivity index is 1.86. The zero-order valence-corrected chi connectivity index (χ0v) is 18.8. The molecular formula is C22H18ClN7O4. The summed E-state index contributed by atoms with van der Waals surface area (Å²) in [6.45, 7) is 1.76. The summed E-state index contributed by atoms with van der Waals surface area (Å²) in [4.78, 5) is 29.9. The second kappa shape index (κ2) is 9.21. The van der Waals surface area contributed by atoms with Gasteiger partial charge in [0.1, 0.15) is 29.5 Å².